The molecule has 2 aromatic rings. The summed E-state index contributed by atoms with van der Waals surface area (Å²) in [6.07, 6.45) is 0. The summed E-state index contributed by atoms with van der Waals surface area (Å²) >= 11 is 0. The van der Waals surface area contributed by atoms with Crippen molar-refractivity contribution in [3.63, 3.8) is 0 Å². The Morgan fingerprint density at radius 2 is 2.00 bits per heavy atom. The summed E-state index contributed by atoms with van der Waals surface area (Å²) in [7, 11) is 0. The Balaban J connectivity index is 2.33. The van der Waals surface area contributed by atoms with Gasteiger partial charge in [0.15, 0.2) is 5.76 Å². The van der Waals surface area contributed by atoms with E-state index in [0.717, 1.165) is 5.56 Å². The number of nitrogens with two attached hydrogens (primary N) is 1. The van der Waals surface area contributed by atoms with E-state index in [1.54, 1.807) is 18.2 Å². The molecular weight excluding hydrogens is 195 g/mol. The molecule has 4 heteroatoms. The molecule has 3 nitrogen and oxygen atoms in total. The smallest absolute Gasteiger partial charge is 0.167 e. The Morgan fingerprint density at radius 3 is 2.53 bits per heavy atom. The van der Waals surface area contributed by atoms with Gasteiger partial charge in [-0.3, -0.25) is 0 Å². The van der Waals surface area contributed by atoms with E-state index >= 15 is 0 Å². The zero-order valence-corrected chi connectivity index (χ0v) is 8.27. The number of nitrogens with zero attached hydrogens (tertiary/aromatic N) is 1. The van der Waals surface area contributed by atoms with Crippen LogP contribution >= 0.6 is 0 Å². The summed E-state index contributed by atoms with van der Waals surface area (Å²) in [5.74, 6) is 0.327. The van der Waals surface area contributed by atoms with Crippen molar-refractivity contribution in [1.82, 2.24) is 5.16 Å². The largest absolute Gasteiger partial charge is 0.356 e. The zero-order valence-electron chi connectivity index (χ0n) is 8.27. The molecule has 78 valence electrons. The van der Waals surface area contributed by atoms with Crippen molar-refractivity contribution in [3.8, 4) is 11.3 Å². The fourth-order valence-electron chi connectivity index (χ4n) is 1.25. The molecule has 0 amide bonds. The minimum Gasteiger partial charge on any atom is -0.356 e. The highest BCUT2D eigenvalue weighted by molar-refractivity contribution is 5.57. The van der Waals surface area contributed by atoms with E-state index in [0.29, 0.717) is 11.5 Å². The molecule has 0 fully saturated rings. The topological polar surface area (TPSA) is 52.0 Å². The molecule has 0 radical (unpaired) electrons. The lowest BCUT2D eigenvalue weighted by atomic mass is 10.1. The monoisotopic (exact) mass is 206 g/mol. The molecule has 2 N–H and O–H groups in total. The van der Waals surface area contributed by atoms with Gasteiger partial charge in [-0.05, 0) is 31.2 Å². The van der Waals surface area contributed by atoms with E-state index in [4.69, 9.17) is 10.3 Å². The second kappa shape index (κ2) is 3.82. The van der Waals surface area contributed by atoms with E-state index in [2.05, 4.69) is 5.16 Å². The first-order chi connectivity index (χ1) is 7.16. The molecule has 0 bridgehead atoms. The first kappa shape index (κ1) is 9.86. The van der Waals surface area contributed by atoms with Crippen LogP contribution in [0.1, 0.15) is 18.7 Å². The van der Waals surface area contributed by atoms with Gasteiger partial charge in [0.1, 0.15) is 11.5 Å². The fourth-order valence-corrected chi connectivity index (χ4v) is 1.25. The van der Waals surface area contributed by atoms with Gasteiger partial charge in [0, 0.05) is 17.7 Å². The van der Waals surface area contributed by atoms with Crippen molar-refractivity contribution in [3.05, 3.63) is 41.8 Å². The Hall–Kier alpha value is -1.68. The molecule has 15 heavy (non-hydrogen) atoms. The van der Waals surface area contributed by atoms with E-state index < -0.39 is 0 Å². The van der Waals surface area contributed by atoms with E-state index in [1.165, 1.54) is 12.1 Å². The van der Waals surface area contributed by atoms with Crippen LogP contribution in [-0.4, -0.2) is 5.16 Å². The second-order valence-electron chi connectivity index (χ2n) is 3.41. The standard InChI is InChI=1S/C11H11FN2O/c1-7(13)10-6-11(15-14-10)8-2-4-9(12)5-3-8/h2-7H,13H2,1H3/t7-/m0/s1. The SMILES string of the molecule is C[C@H](N)c1cc(-c2ccc(F)cc2)on1. The molecule has 1 atom stereocenters. The van der Waals surface area contributed by atoms with E-state index in [1.807, 2.05) is 6.92 Å². The van der Waals surface area contributed by atoms with Crippen LogP contribution in [0.15, 0.2) is 34.9 Å². The van der Waals surface area contributed by atoms with Gasteiger partial charge in [0.25, 0.3) is 0 Å². The molecule has 2 rings (SSSR count). The van der Waals surface area contributed by atoms with Crippen LogP contribution in [-0.2, 0) is 0 Å². The quantitative estimate of drug-likeness (QED) is 0.821. The minimum atomic E-state index is -0.273. The maximum Gasteiger partial charge on any atom is 0.167 e. The first-order valence-corrected chi connectivity index (χ1v) is 4.65. The Bertz CT molecular complexity index is 448. The van der Waals surface area contributed by atoms with Gasteiger partial charge in [0.2, 0.25) is 0 Å². The third kappa shape index (κ3) is 2.05. The summed E-state index contributed by atoms with van der Waals surface area (Å²) in [4.78, 5) is 0. The Morgan fingerprint density at radius 1 is 1.33 bits per heavy atom. The average molecular weight is 206 g/mol. The van der Waals surface area contributed by atoms with Gasteiger partial charge < -0.3 is 10.3 Å². The Labute approximate surface area is 86.7 Å². The molecule has 1 aromatic carbocycles. The molecule has 1 heterocycles. The summed E-state index contributed by atoms with van der Waals surface area (Å²) < 4.78 is 17.8. The molecular formula is C11H11FN2O. The summed E-state index contributed by atoms with van der Waals surface area (Å²) in [6, 6.07) is 7.63. The van der Waals surface area contributed by atoms with Crippen LogP contribution in [0.25, 0.3) is 11.3 Å². The highest BCUT2D eigenvalue weighted by Crippen LogP contribution is 2.22. The lowest BCUT2D eigenvalue weighted by Gasteiger charge is -1.95. The third-order valence-electron chi connectivity index (χ3n) is 2.12. The van der Waals surface area contributed by atoms with E-state index in [-0.39, 0.29) is 11.9 Å². The van der Waals surface area contributed by atoms with Gasteiger partial charge in [-0.1, -0.05) is 5.16 Å². The summed E-state index contributed by atoms with van der Waals surface area (Å²) in [6.45, 7) is 1.83. The van der Waals surface area contributed by atoms with E-state index in [9.17, 15) is 4.39 Å². The summed E-state index contributed by atoms with van der Waals surface area (Å²) in [5, 5.41) is 3.82. The van der Waals surface area contributed by atoms with Gasteiger partial charge in [-0.15, -0.1) is 0 Å². The van der Waals surface area contributed by atoms with Gasteiger partial charge >= 0.3 is 0 Å². The molecule has 0 spiro atoms. The van der Waals surface area contributed by atoms with Crippen LogP contribution in [0.2, 0.25) is 0 Å². The molecule has 0 aliphatic rings. The van der Waals surface area contributed by atoms with Crippen LogP contribution in [0, 0.1) is 5.82 Å². The minimum absolute atomic E-state index is 0.164. The number of rotatable bonds is 2. The Kier molecular flexibility index (Phi) is 2.51. The number of halogens is 1. The fraction of sp³-hybridized carbons (Fsp3) is 0.182. The highest BCUT2D eigenvalue weighted by atomic mass is 19.1. The number of aromatic nitrogens is 1. The maximum atomic E-state index is 12.7. The zero-order chi connectivity index (χ0) is 10.8. The van der Waals surface area contributed by atoms with Crippen molar-refractivity contribution in [2.45, 2.75) is 13.0 Å². The molecule has 0 saturated heterocycles. The average Bonchev–Trinajstić information content (AvgIpc) is 2.68. The predicted octanol–water partition coefficient (Wildman–Crippen LogP) is 2.50. The lowest BCUT2D eigenvalue weighted by Crippen LogP contribution is -2.04. The molecule has 0 aliphatic heterocycles. The number of hydrogen-bond donors (Lipinski definition) is 1. The summed E-state index contributed by atoms with van der Waals surface area (Å²) in [5.41, 5.74) is 7.12. The van der Waals surface area contributed by atoms with Crippen LogP contribution in [0.3, 0.4) is 0 Å². The van der Waals surface area contributed by atoms with Crippen molar-refractivity contribution in [1.29, 1.82) is 0 Å². The third-order valence-corrected chi connectivity index (χ3v) is 2.12. The van der Waals surface area contributed by atoms with Crippen LogP contribution in [0.4, 0.5) is 4.39 Å². The van der Waals surface area contributed by atoms with Crippen LogP contribution < -0.4 is 5.73 Å². The van der Waals surface area contributed by atoms with Gasteiger partial charge in [-0.2, -0.15) is 0 Å². The van der Waals surface area contributed by atoms with Crippen molar-refractivity contribution in [2.24, 2.45) is 5.73 Å². The van der Waals surface area contributed by atoms with Crippen molar-refractivity contribution < 1.29 is 8.91 Å². The van der Waals surface area contributed by atoms with Gasteiger partial charge in [0.05, 0.1) is 0 Å². The lowest BCUT2D eigenvalue weighted by molar-refractivity contribution is 0.418. The number of hydrogen-bond acceptors (Lipinski definition) is 3. The maximum absolute atomic E-state index is 12.7. The van der Waals surface area contributed by atoms with Crippen LogP contribution in [0.5, 0.6) is 0 Å². The second-order valence-corrected chi connectivity index (χ2v) is 3.41. The molecule has 0 aliphatic carbocycles. The van der Waals surface area contributed by atoms with Crippen molar-refractivity contribution >= 4 is 0 Å². The molecule has 1 aromatic heterocycles. The highest BCUT2D eigenvalue weighted by Gasteiger charge is 2.09. The van der Waals surface area contributed by atoms with Gasteiger partial charge in [-0.25, -0.2) is 4.39 Å². The molecule has 0 saturated carbocycles. The number of benzene rings is 1. The predicted molar refractivity (Wildman–Crippen MR) is 54.5 cm³/mol. The van der Waals surface area contributed by atoms with Crippen molar-refractivity contribution in [2.75, 3.05) is 0 Å². The normalized spacial score (nSPS) is 12.7. The first-order valence-electron chi connectivity index (χ1n) is 4.65. The molecule has 0 unspecified atom stereocenters.